The third kappa shape index (κ3) is 3.09. The number of nitrogens with one attached hydrogen (secondary N) is 1. The maximum absolute atomic E-state index is 11.8. The lowest BCUT2D eigenvalue weighted by Crippen LogP contribution is -2.22. The Hall–Kier alpha value is -1.50. The van der Waals surface area contributed by atoms with Crippen LogP contribution in [0.5, 0.6) is 0 Å². The second-order valence-corrected chi connectivity index (χ2v) is 4.87. The maximum Gasteiger partial charge on any atom is 0.296 e. The van der Waals surface area contributed by atoms with Crippen LogP contribution in [-0.4, -0.2) is 21.1 Å². The Morgan fingerprint density at radius 1 is 1.47 bits per heavy atom. The molecular weight excluding hydrogens is 307 g/mol. The average molecular weight is 315 g/mol. The van der Waals surface area contributed by atoms with Crippen molar-refractivity contribution in [3.05, 3.63) is 54.6 Å². The Bertz CT molecular complexity index is 766. The van der Waals surface area contributed by atoms with Gasteiger partial charge in [-0.2, -0.15) is 14.9 Å². The van der Waals surface area contributed by atoms with Gasteiger partial charge in [0.2, 0.25) is 4.77 Å². The van der Waals surface area contributed by atoms with Crippen LogP contribution >= 0.6 is 35.4 Å². The van der Waals surface area contributed by atoms with Gasteiger partial charge in [0, 0.05) is 15.6 Å². The SMILES string of the molecule is Cc1n[nH]c(=S)n(/N=C\c2cc(Cl)ccc2Cl)c1=O. The fourth-order valence-corrected chi connectivity index (χ4v) is 1.83. The molecule has 5 nitrogen and oxygen atoms in total. The molecule has 0 radical (unpaired) electrons. The van der Waals surface area contributed by atoms with E-state index in [0.717, 1.165) is 4.68 Å². The minimum absolute atomic E-state index is 0.102. The predicted molar refractivity (Wildman–Crippen MR) is 77.9 cm³/mol. The molecule has 2 aromatic rings. The first kappa shape index (κ1) is 13.9. The second kappa shape index (κ2) is 5.64. The van der Waals surface area contributed by atoms with Gasteiger partial charge in [-0.15, -0.1) is 0 Å². The number of hydrogen-bond acceptors (Lipinski definition) is 4. The largest absolute Gasteiger partial charge is 0.296 e. The van der Waals surface area contributed by atoms with Crippen LogP contribution in [0, 0.1) is 11.7 Å². The van der Waals surface area contributed by atoms with Crippen LogP contribution in [0.2, 0.25) is 10.0 Å². The molecule has 1 aromatic carbocycles. The molecule has 1 N–H and O–H groups in total. The fraction of sp³-hybridized carbons (Fsp3) is 0.0909. The van der Waals surface area contributed by atoms with E-state index in [9.17, 15) is 4.79 Å². The second-order valence-electron chi connectivity index (χ2n) is 3.64. The van der Waals surface area contributed by atoms with Crippen LogP contribution in [0.15, 0.2) is 28.1 Å². The molecule has 0 aliphatic rings. The van der Waals surface area contributed by atoms with Crippen molar-refractivity contribution in [1.82, 2.24) is 14.9 Å². The monoisotopic (exact) mass is 314 g/mol. The van der Waals surface area contributed by atoms with Crippen molar-refractivity contribution in [3.63, 3.8) is 0 Å². The Labute approximate surface area is 123 Å². The topological polar surface area (TPSA) is 63.0 Å². The third-order valence-electron chi connectivity index (χ3n) is 2.28. The number of aryl methyl sites for hydroxylation is 1. The van der Waals surface area contributed by atoms with Crippen LogP contribution in [0.1, 0.15) is 11.3 Å². The summed E-state index contributed by atoms with van der Waals surface area (Å²) in [5.41, 5.74) is 0.464. The Morgan fingerprint density at radius 2 is 2.21 bits per heavy atom. The van der Waals surface area contributed by atoms with Gasteiger partial charge < -0.3 is 0 Å². The van der Waals surface area contributed by atoms with Gasteiger partial charge in [0.25, 0.3) is 5.56 Å². The van der Waals surface area contributed by atoms with Crippen LogP contribution < -0.4 is 5.56 Å². The highest BCUT2D eigenvalue weighted by atomic mass is 35.5. The Kier molecular flexibility index (Phi) is 4.14. The van der Waals surface area contributed by atoms with E-state index < -0.39 is 5.56 Å². The zero-order valence-electron chi connectivity index (χ0n) is 9.72. The molecule has 0 saturated carbocycles. The van der Waals surface area contributed by atoms with Crippen LogP contribution in [-0.2, 0) is 0 Å². The van der Waals surface area contributed by atoms with E-state index in [4.69, 9.17) is 35.4 Å². The van der Waals surface area contributed by atoms with Gasteiger partial charge >= 0.3 is 0 Å². The molecule has 8 heteroatoms. The quantitative estimate of drug-likeness (QED) is 0.685. The van der Waals surface area contributed by atoms with Crippen molar-refractivity contribution in [1.29, 1.82) is 0 Å². The number of aromatic amines is 1. The molecule has 19 heavy (non-hydrogen) atoms. The standard InChI is InChI=1S/C11H8Cl2N4OS/c1-6-10(18)17(11(19)16-15-6)14-5-7-4-8(12)2-3-9(7)13/h2-5H,1H3,(H,16,19)/b14-5-. The lowest BCUT2D eigenvalue weighted by molar-refractivity contribution is 0.720. The molecular formula is C11H8Cl2N4OS. The molecule has 0 unspecified atom stereocenters. The highest BCUT2D eigenvalue weighted by Crippen LogP contribution is 2.18. The number of aromatic nitrogens is 3. The molecule has 0 amide bonds. The van der Waals surface area contributed by atoms with Gasteiger partial charge in [-0.25, -0.2) is 0 Å². The molecule has 0 fully saturated rings. The average Bonchev–Trinajstić information content (AvgIpc) is 2.38. The molecule has 0 aliphatic carbocycles. The van der Waals surface area contributed by atoms with Crippen molar-refractivity contribution < 1.29 is 0 Å². The first-order valence-electron chi connectivity index (χ1n) is 5.17. The van der Waals surface area contributed by atoms with Gasteiger partial charge in [-0.3, -0.25) is 9.89 Å². The van der Waals surface area contributed by atoms with E-state index in [1.807, 2.05) is 0 Å². The fourth-order valence-electron chi connectivity index (χ4n) is 1.31. The lowest BCUT2D eigenvalue weighted by Gasteiger charge is -2.00. The van der Waals surface area contributed by atoms with E-state index in [0.29, 0.717) is 15.6 Å². The van der Waals surface area contributed by atoms with Crippen LogP contribution in [0.3, 0.4) is 0 Å². The van der Waals surface area contributed by atoms with Crippen molar-refractivity contribution >= 4 is 41.6 Å². The zero-order chi connectivity index (χ0) is 14.0. The number of H-pyrrole nitrogens is 1. The zero-order valence-corrected chi connectivity index (χ0v) is 12.1. The molecule has 98 valence electrons. The molecule has 1 heterocycles. The number of nitrogens with zero attached hydrogens (tertiary/aromatic N) is 3. The van der Waals surface area contributed by atoms with Gasteiger partial charge in [-0.1, -0.05) is 23.2 Å². The summed E-state index contributed by atoms with van der Waals surface area (Å²) >= 11 is 16.8. The van der Waals surface area contributed by atoms with E-state index in [2.05, 4.69) is 15.3 Å². The summed E-state index contributed by atoms with van der Waals surface area (Å²) in [5, 5.41) is 11.3. The minimum atomic E-state index is -0.391. The maximum atomic E-state index is 11.8. The summed E-state index contributed by atoms with van der Waals surface area (Å²) in [4.78, 5) is 11.8. The van der Waals surface area contributed by atoms with E-state index in [-0.39, 0.29) is 10.5 Å². The highest BCUT2D eigenvalue weighted by Gasteiger charge is 2.02. The summed E-state index contributed by atoms with van der Waals surface area (Å²) in [6.45, 7) is 1.56. The van der Waals surface area contributed by atoms with E-state index in [1.54, 1.807) is 25.1 Å². The van der Waals surface area contributed by atoms with Crippen molar-refractivity contribution in [2.75, 3.05) is 0 Å². The molecule has 1 aromatic heterocycles. The first-order chi connectivity index (χ1) is 8.99. The summed E-state index contributed by atoms with van der Waals surface area (Å²) in [6, 6.07) is 4.95. The minimum Gasteiger partial charge on any atom is -0.265 e. The van der Waals surface area contributed by atoms with Crippen LogP contribution in [0.25, 0.3) is 0 Å². The van der Waals surface area contributed by atoms with E-state index >= 15 is 0 Å². The molecule has 0 bridgehead atoms. The lowest BCUT2D eigenvalue weighted by atomic mass is 10.2. The summed E-state index contributed by atoms with van der Waals surface area (Å²) in [6.07, 6.45) is 1.42. The predicted octanol–water partition coefficient (Wildman–Crippen LogP) is 2.80. The van der Waals surface area contributed by atoms with Crippen molar-refractivity contribution in [2.45, 2.75) is 6.92 Å². The number of halogens is 2. The Balaban J connectivity index is 2.50. The smallest absolute Gasteiger partial charge is 0.265 e. The summed E-state index contributed by atoms with van der Waals surface area (Å²) in [5.74, 6) is 0. The number of hydrogen-bond donors (Lipinski definition) is 1. The van der Waals surface area contributed by atoms with Crippen molar-refractivity contribution in [2.24, 2.45) is 5.10 Å². The number of benzene rings is 1. The van der Waals surface area contributed by atoms with Gasteiger partial charge in [0.15, 0.2) is 0 Å². The first-order valence-corrected chi connectivity index (χ1v) is 6.33. The number of rotatable bonds is 2. The van der Waals surface area contributed by atoms with E-state index in [1.165, 1.54) is 6.21 Å². The van der Waals surface area contributed by atoms with Crippen LogP contribution in [0.4, 0.5) is 0 Å². The van der Waals surface area contributed by atoms with Gasteiger partial charge in [0.05, 0.1) is 6.21 Å². The van der Waals surface area contributed by atoms with Crippen molar-refractivity contribution in [3.8, 4) is 0 Å². The third-order valence-corrected chi connectivity index (χ3v) is 3.13. The molecule has 2 rings (SSSR count). The molecule has 0 spiro atoms. The summed E-state index contributed by atoms with van der Waals surface area (Å²) < 4.78 is 1.14. The van der Waals surface area contributed by atoms with Gasteiger partial charge in [0.1, 0.15) is 5.69 Å². The summed E-state index contributed by atoms with van der Waals surface area (Å²) in [7, 11) is 0. The molecule has 0 saturated heterocycles. The molecule has 0 atom stereocenters. The Morgan fingerprint density at radius 3 is 2.95 bits per heavy atom. The van der Waals surface area contributed by atoms with Gasteiger partial charge in [-0.05, 0) is 37.3 Å². The molecule has 0 aliphatic heterocycles. The highest BCUT2D eigenvalue weighted by molar-refractivity contribution is 7.71. The normalized spacial score (nSPS) is 11.1.